The lowest BCUT2D eigenvalue weighted by atomic mass is 9.71. The lowest BCUT2D eigenvalue weighted by Crippen LogP contribution is -2.40. The van der Waals surface area contributed by atoms with Crippen LogP contribution in [0.25, 0.3) is 0 Å². The Bertz CT molecular complexity index is 188. The van der Waals surface area contributed by atoms with Crippen molar-refractivity contribution >= 4 is 0 Å². The van der Waals surface area contributed by atoms with E-state index in [2.05, 4.69) is 40.1 Å². The van der Waals surface area contributed by atoms with Crippen molar-refractivity contribution in [2.75, 3.05) is 7.05 Å². The zero-order valence-corrected chi connectivity index (χ0v) is 11.9. The monoisotopic (exact) mass is 225 g/mol. The van der Waals surface area contributed by atoms with Crippen molar-refractivity contribution in [2.24, 2.45) is 23.7 Å². The molecule has 1 nitrogen and oxygen atoms in total. The topological polar surface area (TPSA) is 12.0 Å². The van der Waals surface area contributed by atoms with Gasteiger partial charge >= 0.3 is 0 Å². The van der Waals surface area contributed by atoms with Gasteiger partial charge in [-0.2, -0.15) is 0 Å². The fraction of sp³-hybridized carbons (Fsp3) is 1.00. The Hall–Kier alpha value is -0.0400. The number of hydrogen-bond donors (Lipinski definition) is 1. The van der Waals surface area contributed by atoms with Crippen LogP contribution in [0.3, 0.4) is 0 Å². The van der Waals surface area contributed by atoms with Crippen molar-refractivity contribution < 1.29 is 0 Å². The number of rotatable bonds is 5. The molecule has 1 N–H and O–H groups in total. The highest BCUT2D eigenvalue weighted by atomic mass is 14.9. The molecule has 1 heteroatoms. The smallest absolute Gasteiger partial charge is 0.00926 e. The summed E-state index contributed by atoms with van der Waals surface area (Å²) in [6.45, 7) is 9.52. The summed E-state index contributed by atoms with van der Waals surface area (Å²) in [7, 11) is 2.14. The zero-order chi connectivity index (χ0) is 12.1. The first-order chi connectivity index (χ1) is 7.58. The third-order valence-corrected chi connectivity index (χ3v) is 4.74. The van der Waals surface area contributed by atoms with Crippen LogP contribution in [0.2, 0.25) is 0 Å². The highest BCUT2D eigenvalue weighted by molar-refractivity contribution is 4.85. The summed E-state index contributed by atoms with van der Waals surface area (Å²) in [6, 6.07) is 0.781. The maximum Gasteiger partial charge on any atom is 0.00926 e. The van der Waals surface area contributed by atoms with Crippen molar-refractivity contribution in [3.8, 4) is 0 Å². The quantitative estimate of drug-likeness (QED) is 0.743. The van der Waals surface area contributed by atoms with Crippen LogP contribution in [-0.2, 0) is 0 Å². The summed E-state index contributed by atoms with van der Waals surface area (Å²) in [4.78, 5) is 0. The summed E-state index contributed by atoms with van der Waals surface area (Å²) in [6.07, 6.45) is 7.03. The lowest BCUT2D eigenvalue weighted by Gasteiger charge is -2.39. The minimum Gasteiger partial charge on any atom is -0.317 e. The van der Waals surface area contributed by atoms with Crippen molar-refractivity contribution in [1.29, 1.82) is 0 Å². The van der Waals surface area contributed by atoms with Crippen LogP contribution in [-0.4, -0.2) is 13.1 Å². The average Bonchev–Trinajstić information content (AvgIpc) is 2.28. The second-order valence-electron chi connectivity index (χ2n) is 6.22. The van der Waals surface area contributed by atoms with Gasteiger partial charge in [0.15, 0.2) is 0 Å². The van der Waals surface area contributed by atoms with Crippen LogP contribution in [0.4, 0.5) is 0 Å². The molecule has 0 bridgehead atoms. The van der Waals surface area contributed by atoms with Gasteiger partial charge in [0.1, 0.15) is 0 Å². The van der Waals surface area contributed by atoms with Gasteiger partial charge in [-0.05, 0) is 56.4 Å². The third-order valence-electron chi connectivity index (χ3n) is 4.74. The van der Waals surface area contributed by atoms with Crippen molar-refractivity contribution in [3.05, 3.63) is 0 Å². The number of hydrogen-bond acceptors (Lipinski definition) is 1. The van der Waals surface area contributed by atoms with Crippen molar-refractivity contribution in [2.45, 2.75) is 65.8 Å². The predicted molar refractivity (Wildman–Crippen MR) is 72.6 cm³/mol. The Labute approximate surface area is 102 Å². The molecule has 0 aromatic carbocycles. The summed E-state index contributed by atoms with van der Waals surface area (Å²) < 4.78 is 0. The highest BCUT2D eigenvalue weighted by Gasteiger charge is 2.31. The molecule has 0 aromatic rings. The van der Waals surface area contributed by atoms with E-state index >= 15 is 0 Å². The molecule has 1 aliphatic carbocycles. The zero-order valence-electron chi connectivity index (χ0n) is 11.9. The van der Waals surface area contributed by atoms with Gasteiger partial charge in [0.2, 0.25) is 0 Å². The maximum atomic E-state index is 3.54. The SMILES string of the molecule is CCC(C)CC1CC(C(C)C)CCC1NC. The van der Waals surface area contributed by atoms with E-state index in [0.717, 1.165) is 29.7 Å². The first kappa shape index (κ1) is 14.0. The Kier molecular flexibility index (Phi) is 5.82. The van der Waals surface area contributed by atoms with E-state index in [9.17, 15) is 0 Å². The van der Waals surface area contributed by atoms with E-state index < -0.39 is 0 Å². The Balaban J connectivity index is 2.53. The van der Waals surface area contributed by atoms with Gasteiger partial charge in [0.25, 0.3) is 0 Å². The largest absolute Gasteiger partial charge is 0.317 e. The molecule has 0 radical (unpaired) electrons. The van der Waals surface area contributed by atoms with Gasteiger partial charge in [0, 0.05) is 6.04 Å². The standard InChI is InChI=1S/C15H31N/c1-6-12(4)9-14-10-13(11(2)3)7-8-15(14)16-5/h11-16H,6-10H2,1-5H3. The van der Waals surface area contributed by atoms with Gasteiger partial charge in [0.05, 0.1) is 0 Å². The molecule has 1 fully saturated rings. The molecule has 0 aromatic heterocycles. The van der Waals surface area contributed by atoms with Crippen LogP contribution in [0, 0.1) is 23.7 Å². The van der Waals surface area contributed by atoms with Gasteiger partial charge in [-0.1, -0.05) is 34.1 Å². The molecule has 16 heavy (non-hydrogen) atoms. The van der Waals surface area contributed by atoms with E-state index in [-0.39, 0.29) is 0 Å². The molecule has 96 valence electrons. The minimum absolute atomic E-state index is 0.781. The Morgan fingerprint density at radius 3 is 2.38 bits per heavy atom. The molecular weight excluding hydrogens is 194 g/mol. The first-order valence-corrected chi connectivity index (χ1v) is 7.25. The second-order valence-corrected chi connectivity index (χ2v) is 6.22. The summed E-state index contributed by atoms with van der Waals surface area (Å²) in [5.41, 5.74) is 0. The van der Waals surface area contributed by atoms with Crippen LogP contribution in [0.5, 0.6) is 0 Å². The van der Waals surface area contributed by atoms with Crippen molar-refractivity contribution in [3.63, 3.8) is 0 Å². The number of nitrogens with one attached hydrogen (secondary N) is 1. The van der Waals surface area contributed by atoms with Crippen LogP contribution in [0.15, 0.2) is 0 Å². The van der Waals surface area contributed by atoms with E-state index in [1.165, 1.54) is 32.1 Å². The molecule has 4 atom stereocenters. The fourth-order valence-electron chi connectivity index (χ4n) is 3.23. The normalized spacial score (nSPS) is 33.0. The molecule has 4 unspecified atom stereocenters. The van der Waals surface area contributed by atoms with E-state index in [4.69, 9.17) is 0 Å². The fourth-order valence-corrected chi connectivity index (χ4v) is 3.23. The van der Waals surface area contributed by atoms with E-state index in [1.54, 1.807) is 0 Å². The average molecular weight is 225 g/mol. The summed E-state index contributed by atoms with van der Waals surface area (Å²) in [5.74, 6) is 3.66. The molecule has 1 aliphatic rings. The van der Waals surface area contributed by atoms with Gasteiger partial charge < -0.3 is 5.32 Å². The molecule has 0 amide bonds. The van der Waals surface area contributed by atoms with Crippen LogP contribution >= 0.6 is 0 Å². The van der Waals surface area contributed by atoms with Gasteiger partial charge in [-0.15, -0.1) is 0 Å². The molecule has 0 spiro atoms. The van der Waals surface area contributed by atoms with Gasteiger partial charge in [-0.3, -0.25) is 0 Å². The molecule has 0 saturated heterocycles. The maximum absolute atomic E-state index is 3.54. The molecule has 1 saturated carbocycles. The summed E-state index contributed by atoms with van der Waals surface area (Å²) in [5, 5.41) is 3.54. The third kappa shape index (κ3) is 3.76. The minimum atomic E-state index is 0.781. The Morgan fingerprint density at radius 1 is 1.19 bits per heavy atom. The van der Waals surface area contributed by atoms with Crippen LogP contribution in [0.1, 0.15) is 59.8 Å². The van der Waals surface area contributed by atoms with Crippen molar-refractivity contribution in [1.82, 2.24) is 5.32 Å². The summed E-state index contributed by atoms with van der Waals surface area (Å²) >= 11 is 0. The first-order valence-electron chi connectivity index (χ1n) is 7.25. The lowest BCUT2D eigenvalue weighted by molar-refractivity contribution is 0.151. The van der Waals surface area contributed by atoms with E-state index in [0.29, 0.717) is 0 Å². The second kappa shape index (κ2) is 6.64. The van der Waals surface area contributed by atoms with E-state index in [1.807, 2.05) is 0 Å². The van der Waals surface area contributed by atoms with Crippen LogP contribution < -0.4 is 5.32 Å². The van der Waals surface area contributed by atoms with Gasteiger partial charge in [-0.25, -0.2) is 0 Å². The predicted octanol–water partition coefficient (Wildman–Crippen LogP) is 4.08. The Morgan fingerprint density at radius 2 is 1.88 bits per heavy atom. The molecular formula is C15H31N. The molecule has 1 rings (SSSR count). The molecule has 0 aliphatic heterocycles. The highest BCUT2D eigenvalue weighted by Crippen LogP contribution is 2.37. The molecule has 0 heterocycles.